The largest absolute Gasteiger partial charge is 0.506 e. The molecule has 29 heavy (non-hydrogen) atoms. The molecule has 0 unspecified atom stereocenters. The van der Waals surface area contributed by atoms with Crippen LogP contribution in [0.2, 0.25) is 0 Å². The molecule has 4 N–H and O–H groups in total. The fraction of sp³-hybridized carbons (Fsp3) is 0.222. The number of carbonyl (C=O) groups excluding carboxylic acids is 2. The number of hydrogen-bond acceptors (Lipinski definition) is 8. The lowest BCUT2D eigenvalue weighted by molar-refractivity contribution is -0.115. The van der Waals surface area contributed by atoms with Crippen molar-refractivity contribution in [3.8, 4) is 23.0 Å². The van der Waals surface area contributed by atoms with Crippen molar-refractivity contribution >= 4 is 33.0 Å². The van der Waals surface area contributed by atoms with Crippen LogP contribution in [0, 0.1) is 0 Å². The van der Waals surface area contributed by atoms with Crippen LogP contribution in [0.15, 0.2) is 34.1 Å². The normalized spacial score (nSPS) is 10.9. The zero-order valence-corrected chi connectivity index (χ0v) is 16.9. The van der Waals surface area contributed by atoms with Crippen molar-refractivity contribution in [3.63, 3.8) is 0 Å². The molecule has 2 amide bonds. The molecular weight excluding hydrogens is 404 g/mol. The molecule has 0 bridgehead atoms. The van der Waals surface area contributed by atoms with Crippen LogP contribution in [0.4, 0.5) is 11.4 Å². The van der Waals surface area contributed by atoms with Crippen LogP contribution in [0.1, 0.15) is 13.8 Å². The number of ether oxygens (including phenoxy) is 2. The fourth-order valence-corrected chi connectivity index (χ4v) is 4.01. The van der Waals surface area contributed by atoms with Gasteiger partial charge in [0.05, 0.1) is 25.6 Å². The Bertz CT molecular complexity index is 1000. The van der Waals surface area contributed by atoms with E-state index in [0.717, 1.165) is 24.3 Å². The molecule has 156 valence electrons. The third-order valence-electron chi connectivity index (χ3n) is 3.76. The van der Waals surface area contributed by atoms with E-state index in [2.05, 4.69) is 10.6 Å². The molecule has 2 rings (SSSR count). The van der Waals surface area contributed by atoms with Crippen LogP contribution in [0.3, 0.4) is 0 Å². The van der Waals surface area contributed by atoms with E-state index in [-0.39, 0.29) is 22.9 Å². The lowest BCUT2D eigenvalue weighted by Gasteiger charge is -2.16. The average Bonchev–Trinajstić information content (AvgIpc) is 2.62. The first kappa shape index (κ1) is 21.8. The molecule has 0 atom stereocenters. The van der Waals surface area contributed by atoms with Gasteiger partial charge in [-0.05, 0) is 12.1 Å². The van der Waals surface area contributed by atoms with Crippen LogP contribution in [-0.2, 0) is 19.4 Å². The van der Waals surface area contributed by atoms with Crippen LogP contribution < -0.4 is 20.1 Å². The number of sulfone groups is 1. The minimum atomic E-state index is -4.48. The Labute approximate surface area is 167 Å². The zero-order chi connectivity index (χ0) is 21.9. The van der Waals surface area contributed by atoms with Crippen molar-refractivity contribution < 1.29 is 37.7 Å². The second-order valence-corrected chi connectivity index (χ2v) is 7.79. The summed E-state index contributed by atoms with van der Waals surface area (Å²) in [6.45, 7) is 2.44. The number of hydrogen-bond donors (Lipinski definition) is 4. The van der Waals surface area contributed by atoms with Crippen LogP contribution in [0.5, 0.6) is 23.0 Å². The molecule has 0 aromatic heterocycles. The molecule has 0 saturated carbocycles. The van der Waals surface area contributed by atoms with Gasteiger partial charge in [-0.25, -0.2) is 8.42 Å². The minimum absolute atomic E-state index is 0.00598. The van der Waals surface area contributed by atoms with E-state index < -0.39 is 42.9 Å². The predicted octanol–water partition coefficient (Wildman–Crippen LogP) is 1.86. The van der Waals surface area contributed by atoms with Gasteiger partial charge in [-0.1, -0.05) is 0 Å². The first-order valence-corrected chi connectivity index (χ1v) is 9.61. The van der Waals surface area contributed by atoms with E-state index in [4.69, 9.17) is 9.47 Å². The number of rotatable bonds is 6. The average molecular weight is 424 g/mol. The van der Waals surface area contributed by atoms with Crippen LogP contribution >= 0.6 is 0 Å². The van der Waals surface area contributed by atoms with Crippen molar-refractivity contribution in [1.29, 1.82) is 0 Å². The second-order valence-electron chi connectivity index (χ2n) is 5.91. The Morgan fingerprint density at radius 2 is 1.14 bits per heavy atom. The maximum atomic E-state index is 13.1. The molecule has 10 nitrogen and oxygen atoms in total. The first-order chi connectivity index (χ1) is 13.5. The number of amides is 2. The summed E-state index contributed by atoms with van der Waals surface area (Å²) < 4.78 is 36.3. The molecule has 0 fully saturated rings. The topological polar surface area (TPSA) is 151 Å². The van der Waals surface area contributed by atoms with Gasteiger partial charge < -0.3 is 30.3 Å². The zero-order valence-electron chi connectivity index (χ0n) is 16.1. The van der Waals surface area contributed by atoms with Gasteiger partial charge in [0.2, 0.25) is 21.7 Å². The smallest absolute Gasteiger partial charge is 0.221 e. The maximum absolute atomic E-state index is 13.1. The molecule has 11 heteroatoms. The van der Waals surface area contributed by atoms with E-state index in [0.29, 0.717) is 0 Å². The summed E-state index contributed by atoms with van der Waals surface area (Å²) in [7, 11) is -1.92. The molecule has 0 radical (unpaired) electrons. The van der Waals surface area contributed by atoms with Crippen molar-refractivity contribution in [3.05, 3.63) is 24.3 Å². The summed E-state index contributed by atoms with van der Waals surface area (Å²) in [4.78, 5) is 21.6. The van der Waals surface area contributed by atoms with Gasteiger partial charge >= 0.3 is 0 Å². The van der Waals surface area contributed by atoms with Crippen molar-refractivity contribution in [2.24, 2.45) is 0 Å². The predicted molar refractivity (Wildman–Crippen MR) is 103 cm³/mol. The van der Waals surface area contributed by atoms with Crippen LogP contribution in [-0.4, -0.2) is 44.7 Å². The minimum Gasteiger partial charge on any atom is -0.506 e. The summed E-state index contributed by atoms with van der Waals surface area (Å²) in [5.74, 6) is -2.22. The van der Waals surface area contributed by atoms with Crippen molar-refractivity contribution in [2.45, 2.75) is 23.6 Å². The van der Waals surface area contributed by atoms with Gasteiger partial charge in [0.25, 0.3) is 0 Å². The molecule has 0 heterocycles. The van der Waals surface area contributed by atoms with Crippen molar-refractivity contribution in [2.75, 3.05) is 24.9 Å². The lowest BCUT2D eigenvalue weighted by Crippen LogP contribution is -2.11. The monoisotopic (exact) mass is 424 g/mol. The highest BCUT2D eigenvalue weighted by molar-refractivity contribution is 7.91. The fourth-order valence-electron chi connectivity index (χ4n) is 2.56. The quantitative estimate of drug-likeness (QED) is 0.513. The Kier molecular flexibility index (Phi) is 6.22. The van der Waals surface area contributed by atoms with Gasteiger partial charge in [-0.2, -0.15) is 0 Å². The Balaban J connectivity index is 2.72. The van der Waals surface area contributed by atoms with E-state index >= 15 is 0 Å². The standard InChI is InChI=1S/C18H20N2O8S/c1-9(21)19-11-5-17(13(23)7-15(11)27-3)29(25,26)18-6-12(20-10(2)22)16(28-4)8-14(18)24/h5-8,23-24H,1-4H3,(H,19,21)(H,20,22). The lowest BCUT2D eigenvalue weighted by atomic mass is 10.2. The number of anilines is 2. The van der Waals surface area contributed by atoms with E-state index in [1.54, 1.807) is 0 Å². The highest BCUT2D eigenvalue weighted by atomic mass is 32.2. The molecular formula is C18H20N2O8S. The van der Waals surface area contributed by atoms with Gasteiger partial charge in [0.1, 0.15) is 32.8 Å². The molecule has 0 saturated heterocycles. The van der Waals surface area contributed by atoms with Gasteiger partial charge in [0.15, 0.2) is 0 Å². The summed E-state index contributed by atoms with van der Waals surface area (Å²) in [5, 5.41) is 25.3. The molecule has 0 aliphatic rings. The molecule has 0 aliphatic carbocycles. The van der Waals surface area contributed by atoms with Crippen molar-refractivity contribution in [1.82, 2.24) is 0 Å². The molecule has 0 spiro atoms. The van der Waals surface area contributed by atoms with E-state index in [9.17, 15) is 28.2 Å². The van der Waals surface area contributed by atoms with Gasteiger partial charge in [-0.3, -0.25) is 9.59 Å². The summed E-state index contributed by atoms with van der Waals surface area (Å²) >= 11 is 0. The number of benzene rings is 2. The first-order valence-electron chi connectivity index (χ1n) is 8.13. The molecule has 0 aliphatic heterocycles. The number of nitrogens with one attached hydrogen (secondary N) is 2. The maximum Gasteiger partial charge on any atom is 0.221 e. The van der Waals surface area contributed by atoms with Gasteiger partial charge in [-0.15, -0.1) is 0 Å². The van der Waals surface area contributed by atoms with E-state index in [1.807, 2.05) is 0 Å². The number of phenols is 2. The molecule has 2 aromatic rings. The summed E-state index contributed by atoms with van der Waals surface area (Å²) in [5.41, 5.74) is 0.0120. The SMILES string of the molecule is COc1cc(O)c(S(=O)(=O)c2cc(NC(C)=O)c(OC)cc2O)cc1NC(C)=O. The number of carbonyl (C=O) groups is 2. The van der Waals surface area contributed by atoms with Crippen LogP contribution in [0.25, 0.3) is 0 Å². The Morgan fingerprint density at radius 3 is 1.41 bits per heavy atom. The third-order valence-corrected chi connectivity index (χ3v) is 5.57. The Hall–Kier alpha value is -3.47. The molecule has 2 aromatic carbocycles. The number of phenolic OH excluding ortho intramolecular Hbond substituents is 2. The van der Waals surface area contributed by atoms with E-state index in [1.165, 1.54) is 28.1 Å². The highest BCUT2D eigenvalue weighted by Gasteiger charge is 2.28. The Morgan fingerprint density at radius 1 is 0.793 bits per heavy atom. The highest BCUT2D eigenvalue weighted by Crippen LogP contribution is 2.42. The summed E-state index contributed by atoms with van der Waals surface area (Å²) in [6.07, 6.45) is 0. The second kappa shape index (κ2) is 8.27. The third kappa shape index (κ3) is 4.51. The van der Waals surface area contributed by atoms with Gasteiger partial charge in [0, 0.05) is 26.0 Å². The number of methoxy groups -OCH3 is 2. The summed E-state index contributed by atoms with van der Waals surface area (Å²) in [6, 6.07) is 4.06. The number of aromatic hydroxyl groups is 2.